The van der Waals surface area contributed by atoms with Crippen LogP contribution in [0.15, 0.2) is 29.3 Å². The average Bonchev–Trinajstić information content (AvgIpc) is 2.69. The van der Waals surface area contributed by atoms with Gasteiger partial charge in [-0.25, -0.2) is 0 Å². The van der Waals surface area contributed by atoms with Crippen LogP contribution in [0.3, 0.4) is 0 Å². The van der Waals surface area contributed by atoms with Gasteiger partial charge >= 0.3 is 0 Å². The van der Waals surface area contributed by atoms with E-state index in [1.54, 1.807) is 7.11 Å². The quantitative estimate of drug-likeness (QED) is 0.350. The molecule has 1 aromatic rings. The number of guanidine groups is 1. The van der Waals surface area contributed by atoms with Crippen molar-refractivity contribution in [3.63, 3.8) is 0 Å². The number of methoxy groups -OCH3 is 1. The highest BCUT2D eigenvalue weighted by Gasteiger charge is 2.32. The summed E-state index contributed by atoms with van der Waals surface area (Å²) in [5.74, 6) is 0.811. The van der Waals surface area contributed by atoms with Gasteiger partial charge in [0.25, 0.3) is 0 Å². The van der Waals surface area contributed by atoms with Crippen LogP contribution < -0.4 is 10.6 Å². The second-order valence-corrected chi connectivity index (χ2v) is 7.71. The zero-order valence-electron chi connectivity index (χ0n) is 17.4. The molecule has 1 aliphatic rings. The van der Waals surface area contributed by atoms with Gasteiger partial charge in [0.05, 0.1) is 5.60 Å². The van der Waals surface area contributed by atoms with Gasteiger partial charge in [0.2, 0.25) is 0 Å². The van der Waals surface area contributed by atoms with Gasteiger partial charge in [0.1, 0.15) is 0 Å². The molecule has 0 atom stereocenters. The van der Waals surface area contributed by atoms with Crippen LogP contribution >= 0.6 is 24.0 Å². The summed E-state index contributed by atoms with van der Waals surface area (Å²) in [7, 11) is 3.59. The smallest absolute Gasteiger partial charge is 0.191 e. The number of benzene rings is 1. The van der Waals surface area contributed by atoms with Gasteiger partial charge in [-0.1, -0.05) is 45.0 Å². The van der Waals surface area contributed by atoms with Crippen molar-refractivity contribution >= 4 is 29.9 Å². The van der Waals surface area contributed by atoms with Crippen molar-refractivity contribution < 1.29 is 9.47 Å². The van der Waals surface area contributed by atoms with Gasteiger partial charge in [-0.2, -0.15) is 0 Å². The molecule has 0 aliphatic carbocycles. The normalized spacial score (nSPS) is 17.1. The van der Waals surface area contributed by atoms with Crippen LogP contribution in [0.2, 0.25) is 0 Å². The third-order valence-electron chi connectivity index (χ3n) is 5.48. The Morgan fingerprint density at radius 1 is 1.19 bits per heavy atom. The fourth-order valence-electron chi connectivity index (χ4n) is 3.26. The third-order valence-corrected chi connectivity index (χ3v) is 5.48. The van der Waals surface area contributed by atoms with Gasteiger partial charge in [-0.3, -0.25) is 4.99 Å². The van der Waals surface area contributed by atoms with Crippen LogP contribution in [0, 0.1) is 0 Å². The van der Waals surface area contributed by atoms with Crippen molar-refractivity contribution in [2.45, 2.75) is 51.0 Å². The van der Waals surface area contributed by atoms with Gasteiger partial charge in [0, 0.05) is 58.7 Å². The molecule has 1 aliphatic heterocycles. The number of nitrogens with one attached hydrogen (secondary N) is 2. The summed E-state index contributed by atoms with van der Waals surface area (Å²) < 4.78 is 11.2. The van der Waals surface area contributed by atoms with Crippen LogP contribution in [0.4, 0.5) is 0 Å². The zero-order chi connectivity index (χ0) is 19.0. The summed E-state index contributed by atoms with van der Waals surface area (Å²) in [6.07, 6.45) is 2.88. The molecule has 0 unspecified atom stereocenters. The molecule has 1 heterocycles. The highest BCUT2D eigenvalue weighted by atomic mass is 127. The summed E-state index contributed by atoms with van der Waals surface area (Å²) in [6.45, 7) is 9.74. The first-order valence-corrected chi connectivity index (χ1v) is 9.61. The first kappa shape index (κ1) is 24.2. The topological polar surface area (TPSA) is 54.9 Å². The number of ether oxygens (including phenoxy) is 2. The summed E-state index contributed by atoms with van der Waals surface area (Å²) in [6, 6.07) is 8.91. The summed E-state index contributed by atoms with van der Waals surface area (Å²) in [5.41, 5.74) is 2.55. The maximum absolute atomic E-state index is 5.78. The van der Waals surface area contributed by atoms with E-state index in [9.17, 15) is 0 Å². The molecular formula is C21H36IN3O2. The van der Waals surface area contributed by atoms with Crippen LogP contribution in [0.5, 0.6) is 0 Å². The predicted molar refractivity (Wildman–Crippen MR) is 123 cm³/mol. The Balaban J connectivity index is 0.00000364. The molecule has 0 radical (unpaired) electrons. The van der Waals surface area contributed by atoms with Crippen LogP contribution in [0.1, 0.15) is 44.7 Å². The molecule has 154 valence electrons. The summed E-state index contributed by atoms with van der Waals surface area (Å²) in [5, 5.41) is 6.90. The fraction of sp³-hybridized carbons (Fsp3) is 0.667. The lowest BCUT2D eigenvalue weighted by Gasteiger charge is -2.36. The Morgan fingerprint density at radius 2 is 1.81 bits per heavy atom. The van der Waals surface area contributed by atoms with Crippen molar-refractivity contribution in [1.82, 2.24) is 10.6 Å². The van der Waals surface area contributed by atoms with E-state index < -0.39 is 0 Å². The molecule has 0 spiro atoms. The van der Waals surface area contributed by atoms with Crippen molar-refractivity contribution in [3.05, 3.63) is 35.4 Å². The predicted octanol–water partition coefficient (Wildman–Crippen LogP) is 3.51. The third kappa shape index (κ3) is 6.91. The molecule has 1 fully saturated rings. The van der Waals surface area contributed by atoms with Crippen molar-refractivity contribution in [3.8, 4) is 0 Å². The van der Waals surface area contributed by atoms with Gasteiger partial charge in [-0.15, -0.1) is 24.0 Å². The second-order valence-electron chi connectivity index (χ2n) is 7.71. The van der Waals surface area contributed by atoms with Crippen molar-refractivity contribution in [2.75, 3.05) is 40.5 Å². The number of rotatable bonds is 7. The number of hydrogen-bond donors (Lipinski definition) is 2. The Labute approximate surface area is 181 Å². The highest BCUT2D eigenvalue weighted by molar-refractivity contribution is 14.0. The fourth-order valence-corrected chi connectivity index (χ4v) is 3.26. The largest absolute Gasteiger partial charge is 0.381 e. The molecule has 0 bridgehead atoms. The van der Waals surface area contributed by atoms with Crippen molar-refractivity contribution in [2.24, 2.45) is 4.99 Å². The van der Waals surface area contributed by atoms with Crippen molar-refractivity contribution in [1.29, 1.82) is 0 Å². The molecule has 27 heavy (non-hydrogen) atoms. The van der Waals surface area contributed by atoms with E-state index in [1.165, 1.54) is 11.1 Å². The summed E-state index contributed by atoms with van der Waals surface area (Å²) >= 11 is 0. The summed E-state index contributed by atoms with van der Waals surface area (Å²) in [4.78, 5) is 4.37. The number of nitrogens with zero attached hydrogens (tertiary/aromatic N) is 1. The molecular weight excluding hydrogens is 453 g/mol. The van der Waals surface area contributed by atoms with Crippen LogP contribution in [-0.4, -0.2) is 52.0 Å². The Hall–Kier alpha value is -0.860. The number of aryl methyl sites for hydroxylation is 1. The van der Waals surface area contributed by atoms with Crippen LogP contribution in [0.25, 0.3) is 0 Å². The molecule has 2 N–H and O–H groups in total. The monoisotopic (exact) mass is 489 g/mol. The molecule has 0 aromatic heterocycles. The minimum atomic E-state index is -0.165. The molecule has 0 saturated carbocycles. The molecule has 2 rings (SSSR count). The molecule has 1 aromatic carbocycles. The maximum Gasteiger partial charge on any atom is 0.191 e. The minimum Gasteiger partial charge on any atom is -0.381 e. The Kier molecular flexibility index (Phi) is 10.0. The SMILES string of the molecule is CCc1ccc(C(C)(C)CNC(=NC)NCC2(OC)CCOCC2)cc1.I. The van der Waals surface area contributed by atoms with E-state index in [1.807, 2.05) is 7.05 Å². The maximum atomic E-state index is 5.78. The first-order valence-electron chi connectivity index (χ1n) is 9.61. The lowest BCUT2D eigenvalue weighted by Crippen LogP contribution is -2.52. The van der Waals surface area contributed by atoms with E-state index in [2.05, 4.69) is 60.7 Å². The van der Waals surface area contributed by atoms with Gasteiger partial charge in [-0.05, 0) is 17.5 Å². The standard InChI is InChI=1S/C21H35N3O2.HI/c1-6-17-7-9-18(10-8-17)20(2,3)15-23-19(22-4)24-16-21(25-5)11-13-26-14-12-21;/h7-10H,6,11-16H2,1-5H3,(H2,22,23,24);1H. The Morgan fingerprint density at radius 3 is 2.33 bits per heavy atom. The molecule has 0 amide bonds. The number of hydrogen-bond acceptors (Lipinski definition) is 3. The van der Waals surface area contributed by atoms with E-state index in [0.29, 0.717) is 0 Å². The van der Waals surface area contributed by atoms with Gasteiger partial charge < -0.3 is 20.1 Å². The highest BCUT2D eigenvalue weighted by Crippen LogP contribution is 2.24. The average molecular weight is 489 g/mol. The lowest BCUT2D eigenvalue weighted by molar-refractivity contribution is -0.0855. The molecule has 1 saturated heterocycles. The van der Waals surface area contributed by atoms with Crippen LogP contribution in [-0.2, 0) is 21.3 Å². The number of halogens is 1. The zero-order valence-corrected chi connectivity index (χ0v) is 19.8. The lowest BCUT2D eigenvalue weighted by atomic mass is 9.84. The Bertz CT molecular complexity index is 582. The van der Waals surface area contributed by atoms with E-state index in [4.69, 9.17) is 9.47 Å². The van der Waals surface area contributed by atoms with E-state index in [-0.39, 0.29) is 35.0 Å². The number of aliphatic imine (C=N–C) groups is 1. The van der Waals surface area contributed by atoms with E-state index >= 15 is 0 Å². The molecule has 5 nitrogen and oxygen atoms in total. The second kappa shape index (κ2) is 11.2. The first-order chi connectivity index (χ1) is 12.4. The molecule has 6 heteroatoms. The minimum absolute atomic E-state index is 0. The van der Waals surface area contributed by atoms with Gasteiger partial charge in [0.15, 0.2) is 5.96 Å². The van der Waals surface area contributed by atoms with E-state index in [0.717, 1.165) is 51.5 Å².